The van der Waals surface area contributed by atoms with Gasteiger partial charge in [-0.05, 0) is 25.0 Å². The van der Waals surface area contributed by atoms with E-state index in [9.17, 15) is 13.2 Å². The van der Waals surface area contributed by atoms with Crippen LogP contribution in [0.25, 0.3) is 0 Å². The lowest BCUT2D eigenvalue weighted by molar-refractivity contribution is 0.0928. The first-order chi connectivity index (χ1) is 9.00. The Hall–Kier alpha value is -1.70. The molecule has 1 saturated heterocycles. The van der Waals surface area contributed by atoms with Crippen molar-refractivity contribution in [3.05, 3.63) is 17.8 Å². The van der Waals surface area contributed by atoms with Crippen LogP contribution >= 0.6 is 0 Å². The molecule has 0 aromatic carbocycles. The second-order valence-electron chi connectivity index (χ2n) is 4.45. The summed E-state index contributed by atoms with van der Waals surface area (Å²) in [5.41, 5.74) is 0.229. The number of rotatable bonds is 3. The molecule has 0 spiro atoms. The fourth-order valence-electron chi connectivity index (χ4n) is 1.88. The molecular formula is C11H16N4O3S. The number of hydrogen-bond acceptors (Lipinski definition) is 6. The van der Waals surface area contributed by atoms with Crippen LogP contribution in [0.3, 0.4) is 0 Å². The Balaban J connectivity index is 1.94. The molecule has 2 heterocycles. The molecule has 2 rings (SSSR count). The monoisotopic (exact) mass is 284 g/mol. The quantitative estimate of drug-likeness (QED) is 0.799. The first-order valence-corrected chi connectivity index (χ1v) is 7.85. The molecule has 1 aliphatic heterocycles. The molecule has 104 valence electrons. The van der Waals surface area contributed by atoms with Gasteiger partial charge in [0.15, 0.2) is 5.69 Å². The molecule has 0 unspecified atom stereocenters. The highest BCUT2D eigenvalue weighted by atomic mass is 32.2. The molecule has 1 amide bonds. The highest BCUT2D eigenvalue weighted by Gasteiger charge is 2.25. The highest BCUT2D eigenvalue weighted by Crippen LogP contribution is 2.12. The number of anilines is 1. The molecular weight excluding hydrogens is 268 g/mol. The summed E-state index contributed by atoms with van der Waals surface area (Å²) in [6, 6.07) is 3.13. The molecule has 0 radical (unpaired) electrons. The Kier molecular flexibility index (Phi) is 3.98. The Morgan fingerprint density at radius 1 is 1.26 bits per heavy atom. The Morgan fingerprint density at radius 3 is 2.47 bits per heavy atom. The van der Waals surface area contributed by atoms with Crippen LogP contribution in [0.4, 0.5) is 5.82 Å². The summed E-state index contributed by atoms with van der Waals surface area (Å²) in [7, 11) is -1.20. The van der Waals surface area contributed by atoms with E-state index in [0.29, 0.717) is 18.7 Å². The molecule has 0 aliphatic carbocycles. The van der Waals surface area contributed by atoms with Crippen LogP contribution < -0.4 is 10.6 Å². The number of amides is 1. The Bertz CT molecular complexity index is 542. The average molecular weight is 284 g/mol. The molecule has 1 aromatic heterocycles. The summed E-state index contributed by atoms with van der Waals surface area (Å²) in [6.45, 7) is 0. The molecule has 19 heavy (non-hydrogen) atoms. The van der Waals surface area contributed by atoms with Gasteiger partial charge in [-0.15, -0.1) is 10.2 Å². The SMILES string of the molecule is CNc1ccc(C(=O)NC2CCS(=O)(=O)CC2)nn1. The molecule has 0 saturated carbocycles. The highest BCUT2D eigenvalue weighted by molar-refractivity contribution is 7.91. The van der Waals surface area contributed by atoms with Crippen molar-refractivity contribution in [1.29, 1.82) is 0 Å². The van der Waals surface area contributed by atoms with Crippen molar-refractivity contribution < 1.29 is 13.2 Å². The van der Waals surface area contributed by atoms with Crippen molar-refractivity contribution >= 4 is 21.6 Å². The van der Waals surface area contributed by atoms with E-state index in [-0.39, 0.29) is 29.1 Å². The van der Waals surface area contributed by atoms with E-state index in [1.807, 2.05) is 0 Å². The molecule has 1 aromatic rings. The number of carbonyl (C=O) groups excluding carboxylic acids is 1. The van der Waals surface area contributed by atoms with Gasteiger partial charge in [0.05, 0.1) is 11.5 Å². The van der Waals surface area contributed by atoms with E-state index in [2.05, 4.69) is 20.8 Å². The molecule has 1 aliphatic rings. The third-order valence-electron chi connectivity index (χ3n) is 3.04. The minimum absolute atomic E-state index is 0.109. The van der Waals surface area contributed by atoms with Gasteiger partial charge in [0.25, 0.3) is 5.91 Å². The summed E-state index contributed by atoms with van der Waals surface area (Å²) < 4.78 is 22.6. The minimum Gasteiger partial charge on any atom is -0.372 e. The topological polar surface area (TPSA) is 101 Å². The fourth-order valence-corrected chi connectivity index (χ4v) is 3.37. The van der Waals surface area contributed by atoms with Gasteiger partial charge in [0, 0.05) is 13.1 Å². The lowest BCUT2D eigenvalue weighted by atomic mass is 10.1. The number of hydrogen-bond donors (Lipinski definition) is 2. The Morgan fingerprint density at radius 2 is 1.95 bits per heavy atom. The minimum atomic E-state index is -2.91. The van der Waals surface area contributed by atoms with Gasteiger partial charge in [-0.3, -0.25) is 4.79 Å². The van der Waals surface area contributed by atoms with Crippen molar-refractivity contribution in [2.75, 3.05) is 23.9 Å². The first kappa shape index (κ1) is 13.7. The van der Waals surface area contributed by atoms with Gasteiger partial charge in [0.1, 0.15) is 15.7 Å². The van der Waals surface area contributed by atoms with Crippen molar-refractivity contribution in [3.63, 3.8) is 0 Å². The standard InChI is InChI=1S/C11H16N4O3S/c1-12-10-3-2-9(14-15-10)11(16)13-8-4-6-19(17,18)7-5-8/h2-3,8H,4-7H2,1H3,(H,12,15)(H,13,16). The van der Waals surface area contributed by atoms with E-state index >= 15 is 0 Å². The van der Waals surface area contributed by atoms with E-state index < -0.39 is 9.84 Å². The number of carbonyl (C=O) groups is 1. The third kappa shape index (κ3) is 3.63. The van der Waals surface area contributed by atoms with Crippen LogP contribution in [0, 0.1) is 0 Å². The normalized spacial score (nSPS) is 18.8. The van der Waals surface area contributed by atoms with Crippen LogP contribution in [-0.2, 0) is 9.84 Å². The fraction of sp³-hybridized carbons (Fsp3) is 0.545. The zero-order valence-electron chi connectivity index (χ0n) is 10.6. The van der Waals surface area contributed by atoms with Crippen molar-refractivity contribution in [1.82, 2.24) is 15.5 Å². The zero-order chi connectivity index (χ0) is 13.9. The van der Waals surface area contributed by atoms with Gasteiger partial charge in [0.2, 0.25) is 0 Å². The average Bonchev–Trinajstić information content (AvgIpc) is 2.41. The van der Waals surface area contributed by atoms with Crippen LogP contribution in [0.1, 0.15) is 23.3 Å². The largest absolute Gasteiger partial charge is 0.372 e. The predicted molar refractivity (Wildman–Crippen MR) is 70.7 cm³/mol. The third-order valence-corrected chi connectivity index (χ3v) is 4.76. The zero-order valence-corrected chi connectivity index (χ0v) is 11.4. The first-order valence-electron chi connectivity index (χ1n) is 6.03. The van der Waals surface area contributed by atoms with Gasteiger partial charge in [-0.1, -0.05) is 0 Å². The van der Waals surface area contributed by atoms with Gasteiger partial charge in [-0.2, -0.15) is 0 Å². The summed E-state index contributed by atoms with van der Waals surface area (Å²) >= 11 is 0. The lowest BCUT2D eigenvalue weighted by Crippen LogP contribution is -2.41. The van der Waals surface area contributed by atoms with Gasteiger partial charge < -0.3 is 10.6 Å². The summed E-state index contributed by atoms with van der Waals surface area (Å²) in [5, 5.41) is 13.2. The Labute approximate surface area is 111 Å². The summed E-state index contributed by atoms with van der Waals surface area (Å²) in [4.78, 5) is 11.9. The number of nitrogens with zero attached hydrogens (tertiary/aromatic N) is 2. The number of aromatic nitrogens is 2. The van der Waals surface area contributed by atoms with E-state index in [0.717, 1.165) is 0 Å². The van der Waals surface area contributed by atoms with Gasteiger partial charge >= 0.3 is 0 Å². The molecule has 2 N–H and O–H groups in total. The number of sulfone groups is 1. The second-order valence-corrected chi connectivity index (χ2v) is 6.76. The van der Waals surface area contributed by atoms with Gasteiger partial charge in [-0.25, -0.2) is 8.42 Å². The van der Waals surface area contributed by atoms with E-state index in [1.165, 1.54) is 0 Å². The molecule has 7 nitrogen and oxygen atoms in total. The maximum absolute atomic E-state index is 11.9. The van der Waals surface area contributed by atoms with Crippen molar-refractivity contribution in [3.8, 4) is 0 Å². The van der Waals surface area contributed by atoms with Crippen LogP contribution in [-0.4, -0.2) is 49.1 Å². The van der Waals surface area contributed by atoms with Crippen molar-refractivity contribution in [2.24, 2.45) is 0 Å². The lowest BCUT2D eigenvalue weighted by Gasteiger charge is -2.22. The molecule has 0 atom stereocenters. The van der Waals surface area contributed by atoms with Crippen LogP contribution in [0.5, 0.6) is 0 Å². The number of nitrogens with one attached hydrogen (secondary N) is 2. The summed E-state index contributed by atoms with van der Waals surface area (Å²) in [6.07, 6.45) is 0.909. The van der Waals surface area contributed by atoms with Crippen LogP contribution in [0.2, 0.25) is 0 Å². The van der Waals surface area contributed by atoms with Crippen molar-refractivity contribution in [2.45, 2.75) is 18.9 Å². The predicted octanol–water partition coefficient (Wildman–Crippen LogP) is -0.175. The maximum atomic E-state index is 11.9. The maximum Gasteiger partial charge on any atom is 0.272 e. The van der Waals surface area contributed by atoms with E-state index in [4.69, 9.17) is 0 Å². The van der Waals surface area contributed by atoms with E-state index in [1.54, 1.807) is 19.2 Å². The molecule has 1 fully saturated rings. The smallest absolute Gasteiger partial charge is 0.272 e. The summed E-state index contributed by atoms with van der Waals surface area (Å²) in [5.74, 6) is 0.518. The molecule has 0 bridgehead atoms. The second kappa shape index (κ2) is 5.52. The van der Waals surface area contributed by atoms with Crippen LogP contribution in [0.15, 0.2) is 12.1 Å². The molecule has 8 heteroatoms.